The lowest BCUT2D eigenvalue weighted by Crippen LogP contribution is -2.40. The van der Waals surface area contributed by atoms with E-state index in [1.54, 1.807) is 13.2 Å². The second-order valence-electron chi connectivity index (χ2n) is 7.24. The van der Waals surface area contributed by atoms with Crippen LogP contribution in [0.3, 0.4) is 0 Å². The minimum absolute atomic E-state index is 0.0292. The molecule has 1 aromatic carbocycles. The lowest BCUT2D eigenvalue weighted by molar-refractivity contribution is -0.124. The molecule has 0 spiro atoms. The van der Waals surface area contributed by atoms with Crippen LogP contribution in [0.4, 0.5) is 0 Å². The second kappa shape index (κ2) is 6.59. The summed E-state index contributed by atoms with van der Waals surface area (Å²) in [6, 6.07) is 7.59. The zero-order valence-electron chi connectivity index (χ0n) is 15.2. The molecule has 136 valence electrons. The van der Waals surface area contributed by atoms with Crippen molar-refractivity contribution in [1.29, 1.82) is 0 Å². The zero-order chi connectivity index (χ0) is 18.3. The van der Waals surface area contributed by atoms with Crippen molar-refractivity contribution >= 4 is 27.7 Å². The number of carbonyl (C=O) groups is 1. The molecule has 1 N–H and O–H groups in total. The van der Waals surface area contributed by atoms with Gasteiger partial charge >= 0.3 is 0 Å². The highest BCUT2D eigenvalue weighted by atomic mass is 16.2. The zero-order valence-corrected chi connectivity index (χ0v) is 15.2. The maximum atomic E-state index is 12.9. The molecule has 26 heavy (non-hydrogen) atoms. The highest BCUT2D eigenvalue weighted by Gasteiger charge is 2.25. The normalized spacial score (nSPS) is 16.8. The Hall–Kier alpha value is -2.63. The third-order valence-electron chi connectivity index (χ3n) is 5.52. The van der Waals surface area contributed by atoms with Gasteiger partial charge in [-0.2, -0.15) is 5.10 Å². The molecule has 6 heteroatoms. The van der Waals surface area contributed by atoms with E-state index in [2.05, 4.69) is 10.4 Å². The molecule has 1 saturated carbocycles. The molecule has 1 atom stereocenters. The molecule has 0 unspecified atom stereocenters. The predicted molar refractivity (Wildman–Crippen MR) is 102 cm³/mol. The van der Waals surface area contributed by atoms with Crippen LogP contribution < -0.4 is 10.9 Å². The summed E-state index contributed by atoms with van der Waals surface area (Å²) >= 11 is 0. The summed E-state index contributed by atoms with van der Waals surface area (Å²) in [6.07, 6.45) is 7.37. The number of rotatable bonds is 3. The molecule has 4 rings (SSSR count). The fraction of sp³-hybridized carbons (Fsp3) is 0.450. The predicted octanol–water partition coefficient (Wildman–Crippen LogP) is 2.90. The monoisotopic (exact) mass is 352 g/mol. The summed E-state index contributed by atoms with van der Waals surface area (Å²) < 4.78 is 3.19. The van der Waals surface area contributed by atoms with Crippen molar-refractivity contribution in [3.63, 3.8) is 0 Å². The Morgan fingerprint density at radius 2 is 1.92 bits per heavy atom. The van der Waals surface area contributed by atoms with Crippen molar-refractivity contribution in [3.05, 3.63) is 40.8 Å². The van der Waals surface area contributed by atoms with Gasteiger partial charge in [0.1, 0.15) is 11.6 Å². The number of para-hydroxylation sites is 1. The van der Waals surface area contributed by atoms with Gasteiger partial charge in [0.25, 0.3) is 5.56 Å². The first kappa shape index (κ1) is 16.8. The Bertz CT molecular complexity index is 1030. The second-order valence-corrected chi connectivity index (χ2v) is 7.24. The van der Waals surface area contributed by atoms with Crippen LogP contribution in [0.1, 0.15) is 45.1 Å². The molecule has 0 saturated heterocycles. The highest BCUT2D eigenvalue weighted by Crippen LogP contribution is 2.29. The van der Waals surface area contributed by atoms with E-state index < -0.39 is 6.04 Å². The van der Waals surface area contributed by atoms with Gasteiger partial charge in [-0.1, -0.05) is 37.5 Å². The molecule has 2 aromatic heterocycles. The molecule has 6 nitrogen and oxygen atoms in total. The number of benzene rings is 1. The number of nitrogens with one attached hydrogen (secondary N) is 1. The van der Waals surface area contributed by atoms with E-state index in [1.807, 2.05) is 35.8 Å². The van der Waals surface area contributed by atoms with Crippen molar-refractivity contribution in [3.8, 4) is 0 Å². The first-order valence-corrected chi connectivity index (χ1v) is 9.33. The number of nitrogens with zero attached hydrogens (tertiary/aromatic N) is 3. The lowest BCUT2D eigenvalue weighted by Gasteiger charge is -2.25. The van der Waals surface area contributed by atoms with Gasteiger partial charge in [-0.05, 0) is 25.8 Å². The molecular formula is C20H24N4O2. The standard InChI is InChI=1S/C20H24N4O2/c1-13(19(25)22-14-8-4-3-5-9-14)24-17-11-7-6-10-15(17)16-12-21-23(2)20(26)18(16)24/h6-7,10-14H,3-5,8-9H2,1-2H3,(H,22,25)/t13-/m0/s1. The fourth-order valence-corrected chi connectivity index (χ4v) is 4.08. The molecular weight excluding hydrogens is 328 g/mol. The largest absolute Gasteiger partial charge is 0.352 e. The van der Waals surface area contributed by atoms with Crippen molar-refractivity contribution in [2.24, 2.45) is 7.05 Å². The van der Waals surface area contributed by atoms with Gasteiger partial charge in [0.15, 0.2) is 0 Å². The van der Waals surface area contributed by atoms with E-state index in [-0.39, 0.29) is 17.5 Å². The van der Waals surface area contributed by atoms with Crippen LogP contribution in [0, 0.1) is 0 Å². The van der Waals surface area contributed by atoms with Gasteiger partial charge in [-0.25, -0.2) is 4.68 Å². The lowest BCUT2D eigenvalue weighted by atomic mass is 9.95. The topological polar surface area (TPSA) is 68.9 Å². The number of hydrogen-bond acceptors (Lipinski definition) is 3. The van der Waals surface area contributed by atoms with Crippen LogP contribution in [-0.2, 0) is 11.8 Å². The Morgan fingerprint density at radius 3 is 2.69 bits per heavy atom. The molecule has 3 aromatic rings. The number of amides is 1. The first-order valence-electron chi connectivity index (χ1n) is 9.33. The van der Waals surface area contributed by atoms with E-state index in [1.165, 1.54) is 23.9 Å². The molecule has 0 radical (unpaired) electrons. The molecule has 0 bridgehead atoms. The maximum Gasteiger partial charge on any atom is 0.291 e. The average molecular weight is 352 g/mol. The van der Waals surface area contributed by atoms with Crippen LogP contribution in [0.15, 0.2) is 35.3 Å². The van der Waals surface area contributed by atoms with Crippen LogP contribution in [0.5, 0.6) is 0 Å². The van der Waals surface area contributed by atoms with Crippen LogP contribution >= 0.6 is 0 Å². The van der Waals surface area contributed by atoms with E-state index in [0.717, 1.165) is 29.1 Å². The van der Waals surface area contributed by atoms with E-state index in [9.17, 15) is 9.59 Å². The third kappa shape index (κ3) is 2.69. The molecule has 2 heterocycles. The van der Waals surface area contributed by atoms with Gasteiger partial charge in [0.05, 0.1) is 11.7 Å². The summed E-state index contributed by atoms with van der Waals surface area (Å²) in [5.74, 6) is -0.0292. The Labute approximate surface area is 151 Å². The summed E-state index contributed by atoms with van der Waals surface area (Å²) in [7, 11) is 1.64. The number of aromatic nitrogens is 3. The van der Waals surface area contributed by atoms with Gasteiger partial charge in [0.2, 0.25) is 5.91 Å². The highest BCUT2D eigenvalue weighted by molar-refractivity contribution is 6.08. The SMILES string of the molecule is C[C@@H](C(=O)NC1CCCCC1)n1c2ccccc2c2cnn(C)c(=O)c21. The van der Waals surface area contributed by atoms with Gasteiger partial charge in [-0.15, -0.1) is 0 Å². The van der Waals surface area contributed by atoms with E-state index >= 15 is 0 Å². The van der Waals surface area contributed by atoms with Gasteiger partial charge < -0.3 is 9.88 Å². The summed E-state index contributed by atoms with van der Waals surface area (Å²) in [5, 5.41) is 9.09. The van der Waals surface area contributed by atoms with Gasteiger partial charge in [-0.3, -0.25) is 9.59 Å². The maximum absolute atomic E-state index is 12.9. The minimum Gasteiger partial charge on any atom is -0.352 e. The van der Waals surface area contributed by atoms with Crippen molar-refractivity contribution in [2.45, 2.75) is 51.1 Å². The Morgan fingerprint density at radius 1 is 1.19 bits per heavy atom. The first-order chi connectivity index (χ1) is 12.6. The van der Waals surface area contributed by atoms with Crippen molar-refractivity contribution in [1.82, 2.24) is 19.7 Å². The molecule has 1 amide bonds. The Balaban J connectivity index is 1.82. The molecule has 1 aliphatic carbocycles. The smallest absolute Gasteiger partial charge is 0.291 e. The summed E-state index contributed by atoms with van der Waals surface area (Å²) in [6.45, 7) is 1.86. The van der Waals surface area contributed by atoms with Crippen molar-refractivity contribution < 1.29 is 4.79 Å². The summed E-state index contributed by atoms with van der Waals surface area (Å²) in [4.78, 5) is 25.7. The fourth-order valence-electron chi connectivity index (χ4n) is 4.08. The average Bonchev–Trinajstić information content (AvgIpc) is 3.00. The third-order valence-corrected chi connectivity index (χ3v) is 5.52. The Kier molecular flexibility index (Phi) is 4.26. The van der Waals surface area contributed by atoms with Crippen LogP contribution in [-0.4, -0.2) is 26.3 Å². The van der Waals surface area contributed by atoms with E-state index in [0.29, 0.717) is 5.52 Å². The molecule has 1 fully saturated rings. The van der Waals surface area contributed by atoms with Crippen molar-refractivity contribution in [2.75, 3.05) is 0 Å². The number of aryl methyl sites for hydroxylation is 1. The minimum atomic E-state index is -0.463. The van der Waals surface area contributed by atoms with Crippen LogP contribution in [0.25, 0.3) is 21.8 Å². The molecule has 1 aliphatic rings. The summed E-state index contributed by atoms with van der Waals surface area (Å²) in [5.41, 5.74) is 1.24. The quantitative estimate of drug-likeness (QED) is 0.788. The number of fused-ring (bicyclic) bond motifs is 3. The van der Waals surface area contributed by atoms with E-state index in [4.69, 9.17) is 0 Å². The van der Waals surface area contributed by atoms with Gasteiger partial charge in [0, 0.05) is 23.9 Å². The number of hydrogen-bond donors (Lipinski definition) is 1. The molecule has 0 aliphatic heterocycles. The number of carbonyl (C=O) groups excluding carboxylic acids is 1. The van der Waals surface area contributed by atoms with Crippen LogP contribution in [0.2, 0.25) is 0 Å².